The summed E-state index contributed by atoms with van der Waals surface area (Å²) in [6.45, 7) is 7.92. The number of imidazole rings is 1. The second kappa shape index (κ2) is 5.26. The summed E-state index contributed by atoms with van der Waals surface area (Å²) in [4.78, 5) is 15.3. The van der Waals surface area contributed by atoms with Gasteiger partial charge in [0.25, 0.3) is 0 Å². The van der Waals surface area contributed by atoms with E-state index in [0.717, 1.165) is 5.56 Å². The lowest BCUT2D eigenvalue weighted by Crippen LogP contribution is -2.14. The monoisotopic (exact) mass is 311 g/mol. The zero-order valence-electron chi connectivity index (χ0n) is 13.6. The van der Waals surface area contributed by atoms with Crippen molar-refractivity contribution in [3.63, 3.8) is 0 Å². The van der Waals surface area contributed by atoms with Crippen LogP contribution in [0.25, 0.3) is 16.9 Å². The number of hydrogen-bond acceptors (Lipinski definition) is 3. The Morgan fingerprint density at radius 3 is 2.57 bits per heavy atom. The van der Waals surface area contributed by atoms with E-state index in [1.165, 1.54) is 6.07 Å². The Labute approximate surface area is 134 Å². The summed E-state index contributed by atoms with van der Waals surface area (Å²) in [6, 6.07) is 6.98. The highest BCUT2D eigenvalue weighted by Gasteiger charge is 2.21. The van der Waals surface area contributed by atoms with Gasteiger partial charge in [-0.15, -0.1) is 0 Å². The largest absolute Gasteiger partial charge is 0.296 e. The molecule has 0 atom stereocenters. The van der Waals surface area contributed by atoms with Crippen LogP contribution >= 0.6 is 0 Å². The van der Waals surface area contributed by atoms with Crippen molar-refractivity contribution in [1.29, 1.82) is 0 Å². The number of hydrogen-bond donors (Lipinski definition) is 0. The standard InChI is InChI=1S/C18H18FN3O/c1-11-5-6-12(7-15(11)19)16-8-14(18(2,3)4)17-20-13(10-23)9-22(17)21-16/h5-10H,1-4H3. The topological polar surface area (TPSA) is 47.3 Å². The second-order valence-electron chi connectivity index (χ2n) is 6.71. The summed E-state index contributed by atoms with van der Waals surface area (Å²) in [5.74, 6) is -0.263. The lowest BCUT2D eigenvalue weighted by atomic mass is 9.87. The van der Waals surface area contributed by atoms with Crippen molar-refractivity contribution in [3.05, 3.63) is 53.1 Å². The molecule has 0 unspecified atom stereocenters. The molecule has 0 radical (unpaired) electrons. The summed E-state index contributed by atoms with van der Waals surface area (Å²) in [6.07, 6.45) is 2.29. The first-order valence-corrected chi connectivity index (χ1v) is 7.42. The first-order chi connectivity index (χ1) is 10.8. The Kier molecular flexibility index (Phi) is 3.51. The van der Waals surface area contributed by atoms with Crippen molar-refractivity contribution in [2.75, 3.05) is 0 Å². The number of carbonyl (C=O) groups is 1. The van der Waals surface area contributed by atoms with E-state index >= 15 is 0 Å². The summed E-state index contributed by atoms with van der Waals surface area (Å²) in [5, 5.41) is 4.49. The predicted molar refractivity (Wildman–Crippen MR) is 87.2 cm³/mol. The molecule has 0 saturated carbocycles. The zero-order chi connectivity index (χ0) is 16.8. The SMILES string of the molecule is Cc1ccc(-c2cc(C(C)(C)C)c3nc(C=O)cn3n2)cc1F. The number of rotatable bonds is 2. The molecule has 1 aromatic carbocycles. The fourth-order valence-electron chi connectivity index (χ4n) is 2.50. The summed E-state index contributed by atoms with van der Waals surface area (Å²) in [5.41, 5.74) is 3.69. The van der Waals surface area contributed by atoms with Crippen molar-refractivity contribution in [3.8, 4) is 11.3 Å². The number of benzene rings is 1. The highest BCUT2D eigenvalue weighted by atomic mass is 19.1. The van der Waals surface area contributed by atoms with E-state index in [4.69, 9.17) is 0 Å². The number of halogens is 1. The quantitative estimate of drug-likeness (QED) is 0.673. The van der Waals surface area contributed by atoms with Gasteiger partial charge in [0.15, 0.2) is 11.9 Å². The van der Waals surface area contributed by atoms with Crippen LogP contribution in [0.5, 0.6) is 0 Å². The van der Waals surface area contributed by atoms with Gasteiger partial charge in [-0.2, -0.15) is 5.10 Å². The molecule has 0 aliphatic rings. The summed E-state index contributed by atoms with van der Waals surface area (Å²) >= 11 is 0. The lowest BCUT2D eigenvalue weighted by Gasteiger charge is -2.20. The average Bonchev–Trinajstić information content (AvgIpc) is 2.90. The van der Waals surface area contributed by atoms with Gasteiger partial charge in [-0.25, -0.2) is 13.9 Å². The molecule has 23 heavy (non-hydrogen) atoms. The number of fused-ring (bicyclic) bond motifs is 1. The van der Waals surface area contributed by atoms with Crippen LogP contribution in [0, 0.1) is 12.7 Å². The first kappa shape index (κ1) is 15.3. The van der Waals surface area contributed by atoms with Gasteiger partial charge in [0.2, 0.25) is 0 Å². The number of carbonyl (C=O) groups excluding carboxylic acids is 1. The Balaban J connectivity index is 2.29. The molecule has 5 heteroatoms. The molecule has 0 fully saturated rings. The van der Waals surface area contributed by atoms with Gasteiger partial charge >= 0.3 is 0 Å². The second-order valence-corrected chi connectivity index (χ2v) is 6.71. The number of aldehydes is 1. The summed E-state index contributed by atoms with van der Waals surface area (Å²) in [7, 11) is 0. The van der Waals surface area contributed by atoms with Crippen molar-refractivity contribution in [2.24, 2.45) is 0 Å². The van der Waals surface area contributed by atoms with Crippen molar-refractivity contribution in [2.45, 2.75) is 33.1 Å². The van der Waals surface area contributed by atoms with E-state index in [-0.39, 0.29) is 11.2 Å². The van der Waals surface area contributed by atoms with E-state index in [9.17, 15) is 9.18 Å². The van der Waals surface area contributed by atoms with E-state index < -0.39 is 0 Å². The van der Waals surface area contributed by atoms with E-state index in [1.54, 1.807) is 23.7 Å². The van der Waals surface area contributed by atoms with Gasteiger partial charge in [-0.3, -0.25) is 4.79 Å². The number of nitrogens with zero attached hydrogens (tertiary/aromatic N) is 3. The molecule has 0 amide bonds. The Morgan fingerprint density at radius 2 is 1.96 bits per heavy atom. The molecule has 2 aromatic heterocycles. The third-order valence-electron chi connectivity index (χ3n) is 3.84. The first-order valence-electron chi connectivity index (χ1n) is 7.42. The van der Waals surface area contributed by atoms with E-state index in [0.29, 0.717) is 34.4 Å². The molecule has 0 bridgehead atoms. The minimum Gasteiger partial charge on any atom is -0.296 e. The highest BCUT2D eigenvalue weighted by Crippen LogP contribution is 2.30. The van der Waals surface area contributed by atoms with Crippen LogP contribution in [0.2, 0.25) is 0 Å². The molecular formula is C18H18FN3O. The maximum absolute atomic E-state index is 13.9. The van der Waals surface area contributed by atoms with Crippen LogP contribution in [-0.4, -0.2) is 20.9 Å². The van der Waals surface area contributed by atoms with Crippen LogP contribution in [0.15, 0.2) is 30.5 Å². The summed E-state index contributed by atoms with van der Waals surface area (Å²) < 4.78 is 15.5. The van der Waals surface area contributed by atoms with Gasteiger partial charge in [-0.05, 0) is 30.0 Å². The molecule has 3 rings (SSSR count). The molecule has 4 nitrogen and oxygen atoms in total. The van der Waals surface area contributed by atoms with Gasteiger partial charge < -0.3 is 0 Å². The van der Waals surface area contributed by atoms with Gasteiger partial charge in [-0.1, -0.05) is 32.9 Å². The maximum atomic E-state index is 13.9. The zero-order valence-corrected chi connectivity index (χ0v) is 13.6. The molecule has 0 N–H and O–H groups in total. The van der Waals surface area contributed by atoms with Gasteiger partial charge in [0.05, 0.1) is 11.9 Å². The van der Waals surface area contributed by atoms with Crippen molar-refractivity contribution in [1.82, 2.24) is 14.6 Å². The number of aromatic nitrogens is 3. The lowest BCUT2D eigenvalue weighted by molar-refractivity contribution is 0.111. The van der Waals surface area contributed by atoms with E-state index in [1.807, 2.05) is 12.1 Å². The molecule has 0 spiro atoms. The highest BCUT2D eigenvalue weighted by molar-refractivity contribution is 5.74. The van der Waals surface area contributed by atoms with Gasteiger partial charge in [0, 0.05) is 11.1 Å². The third-order valence-corrected chi connectivity index (χ3v) is 3.84. The maximum Gasteiger partial charge on any atom is 0.170 e. The fourth-order valence-corrected chi connectivity index (χ4v) is 2.50. The molecule has 0 aliphatic heterocycles. The molecule has 0 saturated heterocycles. The Hall–Kier alpha value is -2.56. The van der Waals surface area contributed by atoms with Crippen molar-refractivity contribution < 1.29 is 9.18 Å². The molecule has 118 valence electrons. The molecule has 3 aromatic rings. The predicted octanol–water partition coefficient (Wildman–Crippen LogP) is 3.95. The van der Waals surface area contributed by atoms with Crippen LogP contribution in [0.4, 0.5) is 4.39 Å². The average molecular weight is 311 g/mol. The minimum atomic E-state index is -0.263. The van der Waals surface area contributed by atoms with Crippen LogP contribution in [-0.2, 0) is 5.41 Å². The van der Waals surface area contributed by atoms with Crippen LogP contribution in [0.1, 0.15) is 42.4 Å². The molecule has 2 heterocycles. The van der Waals surface area contributed by atoms with E-state index in [2.05, 4.69) is 30.9 Å². The third kappa shape index (κ3) is 2.74. The normalized spacial score (nSPS) is 11.9. The Bertz CT molecular complexity index is 907. The van der Waals surface area contributed by atoms with Crippen LogP contribution < -0.4 is 0 Å². The van der Waals surface area contributed by atoms with Crippen molar-refractivity contribution >= 4 is 11.9 Å². The minimum absolute atomic E-state index is 0.187. The Morgan fingerprint density at radius 1 is 1.22 bits per heavy atom. The molecule has 0 aliphatic carbocycles. The fraction of sp³-hybridized carbons (Fsp3) is 0.278. The number of aryl methyl sites for hydroxylation is 1. The van der Waals surface area contributed by atoms with Crippen LogP contribution in [0.3, 0.4) is 0 Å². The molecular weight excluding hydrogens is 293 g/mol. The smallest absolute Gasteiger partial charge is 0.170 e. The van der Waals surface area contributed by atoms with Gasteiger partial charge in [0.1, 0.15) is 11.5 Å².